The van der Waals surface area contributed by atoms with Crippen molar-refractivity contribution in [3.05, 3.63) is 45.0 Å². The molecule has 0 unspecified atom stereocenters. The van der Waals surface area contributed by atoms with Crippen LogP contribution in [0.4, 0.5) is 5.69 Å². The fourth-order valence-corrected chi connectivity index (χ4v) is 2.08. The Hall–Kier alpha value is -2.77. The van der Waals surface area contributed by atoms with E-state index in [1.807, 2.05) is 0 Å². The molecule has 122 valence electrons. The van der Waals surface area contributed by atoms with E-state index in [0.717, 1.165) is 11.0 Å². The summed E-state index contributed by atoms with van der Waals surface area (Å²) in [5.74, 6) is 0.181. The molecule has 1 aromatic carbocycles. The zero-order valence-electron chi connectivity index (χ0n) is 13.0. The Balaban J connectivity index is 2.21. The van der Waals surface area contributed by atoms with Gasteiger partial charge >= 0.3 is 0 Å². The predicted molar refractivity (Wildman–Crippen MR) is 85.1 cm³/mol. The molecule has 0 aliphatic rings. The molecule has 0 spiro atoms. The van der Waals surface area contributed by atoms with E-state index in [0.29, 0.717) is 18.0 Å². The van der Waals surface area contributed by atoms with Crippen LogP contribution in [0.5, 0.6) is 0 Å². The first-order valence-corrected chi connectivity index (χ1v) is 7.28. The van der Waals surface area contributed by atoms with E-state index < -0.39 is 10.5 Å². The molecule has 0 saturated heterocycles. The Labute approximate surface area is 132 Å². The molecule has 1 N–H and O–H groups in total. The third-order valence-electron chi connectivity index (χ3n) is 3.38. The molecular weight excluding hydrogens is 300 g/mol. The molecule has 2 rings (SSSR count). The van der Waals surface area contributed by atoms with Gasteiger partial charge in [-0.05, 0) is 18.4 Å². The first-order valence-electron chi connectivity index (χ1n) is 7.28. The number of rotatable bonds is 6. The van der Waals surface area contributed by atoms with Crippen molar-refractivity contribution >= 4 is 22.5 Å². The van der Waals surface area contributed by atoms with E-state index in [4.69, 9.17) is 0 Å². The lowest BCUT2D eigenvalue weighted by Gasteiger charge is -2.09. The SMILES string of the molecule is CC(C)CCNC(=O)Cn1cnc2ccc([N+](=O)[O-])cc2c1=O. The third kappa shape index (κ3) is 4.12. The molecule has 1 heterocycles. The second-order valence-electron chi connectivity index (χ2n) is 5.67. The normalized spacial score (nSPS) is 10.9. The summed E-state index contributed by atoms with van der Waals surface area (Å²) in [4.78, 5) is 38.5. The quantitative estimate of drug-likeness (QED) is 0.641. The molecular formula is C15H18N4O4. The molecule has 0 aliphatic carbocycles. The summed E-state index contributed by atoms with van der Waals surface area (Å²) in [5.41, 5.74) is -0.301. The van der Waals surface area contributed by atoms with Gasteiger partial charge < -0.3 is 5.32 Å². The highest BCUT2D eigenvalue weighted by Gasteiger charge is 2.12. The number of hydrogen-bond acceptors (Lipinski definition) is 5. The Morgan fingerprint density at radius 3 is 2.83 bits per heavy atom. The van der Waals surface area contributed by atoms with E-state index in [9.17, 15) is 19.7 Å². The van der Waals surface area contributed by atoms with Crippen molar-refractivity contribution in [2.45, 2.75) is 26.8 Å². The lowest BCUT2D eigenvalue weighted by molar-refractivity contribution is -0.384. The average Bonchev–Trinajstić information content (AvgIpc) is 2.49. The van der Waals surface area contributed by atoms with Crippen LogP contribution in [0.15, 0.2) is 29.3 Å². The maximum Gasteiger partial charge on any atom is 0.270 e. The van der Waals surface area contributed by atoms with Crippen LogP contribution in [0.1, 0.15) is 20.3 Å². The zero-order chi connectivity index (χ0) is 17.0. The van der Waals surface area contributed by atoms with Crippen LogP contribution in [0.2, 0.25) is 0 Å². The second-order valence-corrected chi connectivity index (χ2v) is 5.67. The van der Waals surface area contributed by atoms with Gasteiger partial charge in [0.05, 0.1) is 22.2 Å². The number of nitrogens with zero attached hydrogens (tertiary/aromatic N) is 3. The number of aromatic nitrogens is 2. The highest BCUT2D eigenvalue weighted by molar-refractivity contribution is 5.80. The number of carbonyl (C=O) groups excluding carboxylic acids is 1. The van der Waals surface area contributed by atoms with Crippen LogP contribution in [0.25, 0.3) is 10.9 Å². The van der Waals surface area contributed by atoms with Gasteiger partial charge in [0, 0.05) is 18.7 Å². The van der Waals surface area contributed by atoms with Gasteiger partial charge in [0.2, 0.25) is 5.91 Å². The first kappa shape index (κ1) is 16.6. The summed E-state index contributed by atoms with van der Waals surface area (Å²) in [5, 5.41) is 13.7. The number of nitro groups is 1. The highest BCUT2D eigenvalue weighted by atomic mass is 16.6. The molecule has 0 atom stereocenters. The maximum atomic E-state index is 12.3. The van der Waals surface area contributed by atoms with Crippen LogP contribution in [-0.4, -0.2) is 26.9 Å². The number of nitrogens with one attached hydrogen (secondary N) is 1. The van der Waals surface area contributed by atoms with Crippen molar-refractivity contribution < 1.29 is 9.72 Å². The van der Waals surface area contributed by atoms with Crippen LogP contribution in [0, 0.1) is 16.0 Å². The van der Waals surface area contributed by atoms with Gasteiger partial charge in [-0.3, -0.25) is 24.3 Å². The van der Waals surface area contributed by atoms with E-state index in [2.05, 4.69) is 24.1 Å². The number of fused-ring (bicyclic) bond motifs is 1. The standard InChI is InChI=1S/C15H18N4O4/c1-10(2)5-6-16-14(20)8-18-9-17-13-4-3-11(19(22)23)7-12(13)15(18)21/h3-4,7,9-10H,5-6,8H2,1-2H3,(H,16,20). The summed E-state index contributed by atoms with van der Waals surface area (Å²) in [6, 6.07) is 3.89. The summed E-state index contributed by atoms with van der Waals surface area (Å²) in [7, 11) is 0. The average molecular weight is 318 g/mol. The van der Waals surface area contributed by atoms with Crippen LogP contribution >= 0.6 is 0 Å². The van der Waals surface area contributed by atoms with Gasteiger partial charge in [0.1, 0.15) is 6.54 Å². The van der Waals surface area contributed by atoms with E-state index in [1.54, 1.807) is 0 Å². The zero-order valence-corrected chi connectivity index (χ0v) is 13.0. The molecule has 23 heavy (non-hydrogen) atoms. The molecule has 1 amide bonds. The number of amides is 1. The minimum atomic E-state index is -0.575. The summed E-state index contributed by atoms with van der Waals surface area (Å²) >= 11 is 0. The van der Waals surface area contributed by atoms with Crippen molar-refractivity contribution in [1.29, 1.82) is 0 Å². The summed E-state index contributed by atoms with van der Waals surface area (Å²) in [6.45, 7) is 4.48. The second kappa shape index (κ2) is 6.99. The molecule has 0 saturated carbocycles. The van der Waals surface area contributed by atoms with Crippen LogP contribution < -0.4 is 10.9 Å². The van der Waals surface area contributed by atoms with Gasteiger partial charge in [-0.1, -0.05) is 13.8 Å². The molecule has 8 heteroatoms. The summed E-state index contributed by atoms with van der Waals surface area (Å²) in [6.07, 6.45) is 2.13. The Morgan fingerprint density at radius 2 is 2.17 bits per heavy atom. The topological polar surface area (TPSA) is 107 Å². The Kier molecular flexibility index (Phi) is 5.05. The number of nitro benzene ring substituents is 1. The largest absolute Gasteiger partial charge is 0.355 e. The van der Waals surface area contributed by atoms with Gasteiger partial charge in [-0.25, -0.2) is 4.98 Å². The fourth-order valence-electron chi connectivity index (χ4n) is 2.08. The molecule has 0 radical (unpaired) electrons. The van der Waals surface area contributed by atoms with Gasteiger partial charge in [-0.2, -0.15) is 0 Å². The highest BCUT2D eigenvalue weighted by Crippen LogP contribution is 2.16. The number of benzene rings is 1. The minimum Gasteiger partial charge on any atom is -0.355 e. The summed E-state index contributed by atoms with van der Waals surface area (Å²) < 4.78 is 1.15. The number of non-ortho nitro benzene ring substituents is 1. The van der Waals surface area contributed by atoms with Gasteiger partial charge in [0.15, 0.2) is 0 Å². The van der Waals surface area contributed by atoms with Crippen molar-refractivity contribution in [3.8, 4) is 0 Å². The molecule has 0 aliphatic heterocycles. The van der Waals surface area contributed by atoms with Crippen molar-refractivity contribution in [2.24, 2.45) is 5.92 Å². The van der Waals surface area contributed by atoms with Crippen LogP contribution in [0.3, 0.4) is 0 Å². The smallest absolute Gasteiger partial charge is 0.270 e. The van der Waals surface area contributed by atoms with Crippen molar-refractivity contribution in [2.75, 3.05) is 6.54 Å². The predicted octanol–water partition coefficient (Wildman–Crippen LogP) is 1.47. The molecule has 0 fully saturated rings. The number of hydrogen-bond donors (Lipinski definition) is 1. The van der Waals surface area contributed by atoms with Crippen LogP contribution in [-0.2, 0) is 11.3 Å². The van der Waals surface area contributed by atoms with Gasteiger partial charge in [-0.15, -0.1) is 0 Å². The number of carbonyl (C=O) groups is 1. The molecule has 1 aromatic heterocycles. The van der Waals surface area contributed by atoms with E-state index in [1.165, 1.54) is 24.5 Å². The maximum absolute atomic E-state index is 12.3. The Morgan fingerprint density at radius 1 is 1.43 bits per heavy atom. The molecule has 0 bridgehead atoms. The fraction of sp³-hybridized carbons (Fsp3) is 0.400. The molecule has 8 nitrogen and oxygen atoms in total. The third-order valence-corrected chi connectivity index (χ3v) is 3.38. The van der Waals surface area contributed by atoms with E-state index >= 15 is 0 Å². The minimum absolute atomic E-state index is 0.122. The Bertz CT molecular complexity index is 798. The van der Waals surface area contributed by atoms with Crippen molar-refractivity contribution in [3.63, 3.8) is 0 Å². The first-order chi connectivity index (χ1) is 10.9. The van der Waals surface area contributed by atoms with Crippen molar-refractivity contribution in [1.82, 2.24) is 14.9 Å². The molecule has 2 aromatic rings. The monoisotopic (exact) mass is 318 g/mol. The van der Waals surface area contributed by atoms with E-state index in [-0.39, 0.29) is 23.5 Å². The van der Waals surface area contributed by atoms with Gasteiger partial charge in [0.25, 0.3) is 11.2 Å². The lowest BCUT2D eigenvalue weighted by Crippen LogP contribution is -2.33. The lowest BCUT2D eigenvalue weighted by atomic mass is 10.1.